The number of amides is 1. The second-order valence-corrected chi connectivity index (χ2v) is 4.65. The number of anilines is 1. The van der Waals surface area contributed by atoms with Crippen LogP contribution < -0.4 is 5.32 Å². The van der Waals surface area contributed by atoms with Crippen LogP contribution in [0.4, 0.5) is 5.82 Å². The quantitative estimate of drug-likeness (QED) is 0.808. The Morgan fingerprint density at radius 3 is 2.56 bits per heavy atom. The number of carbonyl (C=O) groups excluding carboxylic acids is 1. The molecule has 0 atom stereocenters. The van der Waals surface area contributed by atoms with Crippen LogP contribution in [0.1, 0.15) is 31.3 Å². The molecule has 0 saturated heterocycles. The average molecular weight is 252 g/mol. The van der Waals surface area contributed by atoms with Gasteiger partial charge in [0, 0.05) is 13.6 Å². The Kier molecular flexibility index (Phi) is 4.61. The monoisotopic (exact) mass is 252 g/mol. The summed E-state index contributed by atoms with van der Waals surface area (Å²) in [7, 11) is 1.64. The van der Waals surface area contributed by atoms with Gasteiger partial charge in [0.15, 0.2) is 0 Å². The SMILES string of the molecule is CCNc1cnc(C(=O)N(C)C(C)(C)CO)cn1. The van der Waals surface area contributed by atoms with Gasteiger partial charge in [0.05, 0.1) is 24.5 Å². The van der Waals surface area contributed by atoms with Crippen molar-refractivity contribution in [3.63, 3.8) is 0 Å². The summed E-state index contributed by atoms with van der Waals surface area (Å²) in [5.74, 6) is 0.378. The number of carbonyl (C=O) groups is 1. The van der Waals surface area contributed by atoms with Crippen LogP contribution in [0, 0.1) is 0 Å². The summed E-state index contributed by atoms with van der Waals surface area (Å²) in [4.78, 5) is 21.7. The summed E-state index contributed by atoms with van der Waals surface area (Å²) in [6.45, 7) is 6.16. The minimum absolute atomic E-state index is 0.113. The second kappa shape index (κ2) is 5.77. The van der Waals surface area contributed by atoms with Gasteiger partial charge in [0.25, 0.3) is 5.91 Å². The molecule has 6 nitrogen and oxygen atoms in total. The van der Waals surface area contributed by atoms with E-state index in [4.69, 9.17) is 0 Å². The maximum atomic E-state index is 12.1. The summed E-state index contributed by atoms with van der Waals surface area (Å²) in [6, 6.07) is 0. The Morgan fingerprint density at radius 1 is 1.44 bits per heavy atom. The zero-order chi connectivity index (χ0) is 13.8. The van der Waals surface area contributed by atoms with E-state index >= 15 is 0 Å². The van der Waals surface area contributed by atoms with E-state index in [1.807, 2.05) is 6.92 Å². The third-order valence-corrected chi connectivity index (χ3v) is 2.83. The molecular formula is C12H20N4O2. The smallest absolute Gasteiger partial charge is 0.274 e. The van der Waals surface area contributed by atoms with Crippen molar-refractivity contribution >= 4 is 11.7 Å². The number of nitrogens with one attached hydrogen (secondary N) is 1. The van der Waals surface area contributed by atoms with E-state index in [1.54, 1.807) is 20.9 Å². The normalized spacial score (nSPS) is 11.2. The number of hydrogen-bond donors (Lipinski definition) is 2. The third-order valence-electron chi connectivity index (χ3n) is 2.83. The average Bonchev–Trinajstić information content (AvgIpc) is 2.38. The molecule has 0 aromatic carbocycles. The minimum Gasteiger partial charge on any atom is -0.394 e. The Bertz CT molecular complexity index is 403. The van der Waals surface area contributed by atoms with Gasteiger partial charge >= 0.3 is 0 Å². The fourth-order valence-corrected chi connectivity index (χ4v) is 1.26. The maximum Gasteiger partial charge on any atom is 0.274 e. The first-order valence-electron chi connectivity index (χ1n) is 5.87. The van der Waals surface area contributed by atoms with E-state index in [0.717, 1.165) is 6.54 Å². The highest BCUT2D eigenvalue weighted by atomic mass is 16.3. The largest absolute Gasteiger partial charge is 0.394 e. The Labute approximate surface area is 107 Å². The molecule has 1 aromatic rings. The van der Waals surface area contributed by atoms with Crippen LogP contribution in [0.2, 0.25) is 0 Å². The van der Waals surface area contributed by atoms with Gasteiger partial charge in [-0.25, -0.2) is 9.97 Å². The Morgan fingerprint density at radius 2 is 2.11 bits per heavy atom. The molecule has 0 aliphatic heterocycles. The number of aliphatic hydroxyl groups is 1. The van der Waals surface area contributed by atoms with Crippen LogP contribution in [-0.2, 0) is 0 Å². The highest BCUT2D eigenvalue weighted by Gasteiger charge is 2.28. The van der Waals surface area contributed by atoms with Crippen molar-refractivity contribution in [2.24, 2.45) is 0 Å². The first kappa shape index (κ1) is 14.4. The van der Waals surface area contributed by atoms with Crippen LogP contribution >= 0.6 is 0 Å². The van der Waals surface area contributed by atoms with Gasteiger partial charge in [-0.1, -0.05) is 0 Å². The van der Waals surface area contributed by atoms with Gasteiger partial charge in [-0.15, -0.1) is 0 Å². The van der Waals surface area contributed by atoms with Crippen LogP contribution in [0.15, 0.2) is 12.4 Å². The molecule has 1 rings (SSSR count). The maximum absolute atomic E-state index is 12.1. The topological polar surface area (TPSA) is 78.4 Å². The van der Waals surface area contributed by atoms with Crippen molar-refractivity contribution < 1.29 is 9.90 Å². The molecule has 1 heterocycles. The predicted molar refractivity (Wildman–Crippen MR) is 69.5 cm³/mol. The predicted octanol–water partition coefficient (Wildman–Crippen LogP) is 0.751. The molecule has 0 bridgehead atoms. The van der Waals surface area contributed by atoms with E-state index in [2.05, 4.69) is 15.3 Å². The van der Waals surface area contributed by atoms with Gasteiger partial charge in [-0.2, -0.15) is 0 Å². The summed E-state index contributed by atoms with van der Waals surface area (Å²) in [6.07, 6.45) is 2.96. The van der Waals surface area contributed by atoms with Crippen LogP contribution in [0.25, 0.3) is 0 Å². The molecule has 0 unspecified atom stereocenters. The molecule has 1 amide bonds. The van der Waals surface area contributed by atoms with Crippen molar-refractivity contribution in [1.29, 1.82) is 0 Å². The number of aliphatic hydroxyl groups excluding tert-OH is 1. The molecule has 18 heavy (non-hydrogen) atoms. The van der Waals surface area contributed by atoms with E-state index in [0.29, 0.717) is 5.82 Å². The van der Waals surface area contributed by atoms with E-state index in [-0.39, 0.29) is 18.2 Å². The van der Waals surface area contributed by atoms with E-state index < -0.39 is 5.54 Å². The number of likely N-dealkylation sites (N-methyl/N-ethyl adjacent to an activating group) is 1. The van der Waals surface area contributed by atoms with Crippen molar-refractivity contribution in [3.8, 4) is 0 Å². The van der Waals surface area contributed by atoms with Crippen molar-refractivity contribution in [3.05, 3.63) is 18.1 Å². The lowest BCUT2D eigenvalue weighted by Gasteiger charge is -2.33. The molecule has 0 aliphatic rings. The summed E-state index contributed by atoms with van der Waals surface area (Å²) >= 11 is 0. The molecule has 1 aromatic heterocycles. The van der Waals surface area contributed by atoms with E-state index in [1.165, 1.54) is 17.3 Å². The lowest BCUT2D eigenvalue weighted by Crippen LogP contribution is -2.47. The van der Waals surface area contributed by atoms with Gasteiger partial charge in [-0.05, 0) is 20.8 Å². The van der Waals surface area contributed by atoms with Crippen LogP contribution in [0.3, 0.4) is 0 Å². The molecular weight excluding hydrogens is 232 g/mol. The zero-order valence-electron chi connectivity index (χ0n) is 11.3. The highest BCUT2D eigenvalue weighted by Crippen LogP contribution is 2.14. The standard InChI is InChI=1S/C12H20N4O2/c1-5-13-10-7-14-9(6-15-10)11(18)16(4)12(2,3)8-17/h6-7,17H,5,8H2,1-4H3,(H,13,15). The molecule has 0 aliphatic carbocycles. The zero-order valence-corrected chi connectivity index (χ0v) is 11.3. The molecule has 6 heteroatoms. The molecule has 0 fully saturated rings. The first-order valence-corrected chi connectivity index (χ1v) is 5.87. The molecule has 0 spiro atoms. The third kappa shape index (κ3) is 3.16. The number of nitrogens with zero attached hydrogens (tertiary/aromatic N) is 3. The highest BCUT2D eigenvalue weighted by molar-refractivity contribution is 5.92. The van der Waals surface area contributed by atoms with Crippen LogP contribution in [-0.4, -0.2) is 51.6 Å². The Balaban J connectivity index is 2.84. The minimum atomic E-state index is -0.626. The first-order chi connectivity index (χ1) is 8.42. The van der Waals surface area contributed by atoms with Crippen molar-refractivity contribution in [2.45, 2.75) is 26.3 Å². The summed E-state index contributed by atoms with van der Waals surface area (Å²) < 4.78 is 0. The molecule has 0 saturated carbocycles. The molecule has 100 valence electrons. The van der Waals surface area contributed by atoms with Crippen molar-refractivity contribution in [1.82, 2.24) is 14.9 Å². The number of hydrogen-bond acceptors (Lipinski definition) is 5. The fourth-order valence-electron chi connectivity index (χ4n) is 1.26. The molecule has 0 radical (unpaired) electrons. The van der Waals surface area contributed by atoms with Gasteiger partial charge in [0.1, 0.15) is 11.5 Å². The van der Waals surface area contributed by atoms with Crippen molar-refractivity contribution in [2.75, 3.05) is 25.5 Å². The summed E-state index contributed by atoms with van der Waals surface area (Å²) in [5, 5.41) is 12.2. The summed E-state index contributed by atoms with van der Waals surface area (Å²) in [5.41, 5.74) is -0.361. The lowest BCUT2D eigenvalue weighted by atomic mass is 10.0. The van der Waals surface area contributed by atoms with Crippen LogP contribution in [0.5, 0.6) is 0 Å². The lowest BCUT2D eigenvalue weighted by molar-refractivity contribution is 0.0467. The Hall–Kier alpha value is -1.69. The number of rotatable bonds is 5. The van der Waals surface area contributed by atoms with Gasteiger partial charge in [-0.3, -0.25) is 4.79 Å². The van der Waals surface area contributed by atoms with E-state index in [9.17, 15) is 9.90 Å². The molecule has 2 N–H and O–H groups in total. The number of aromatic nitrogens is 2. The fraction of sp³-hybridized carbons (Fsp3) is 0.583. The second-order valence-electron chi connectivity index (χ2n) is 4.65. The van der Waals surface area contributed by atoms with Gasteiger partial charge < -0.3 is 15.3 Å². The van der Waals surface area contributed by atoms with Gasteiger partial charge in [0.2, 0.25) is 0 Å².